The van der Waals surface area contributed by atoms with Crippen LogP contribution >= 0.6 is 0 Å². The van der Waals surface area contributed by atoms with Gasteiger partial charge in [-0.15, -0.1) is 6.58 Å². The summed E-state index contributed by atoms with van der Waals surface area (Å²) < 4.78 is 6.18. The normalized spacial score (nSPS) is 55.1. The van der Waals surface area contributed by atoms with E-state index in [2.05, 4.69) is 19.6 Å². The maximum atomic E-state index is 12.1. The van der Waals surface area contributed by atoms with E-state index in [-0.39, 0.29) is 17.0 Å². The fourth-order valence-electron chi connectivity index (χ4n) is 8.87. The van der Waals surface area contributed by atoms with Crippen molar-refractivity contribution in [3.8, 4) is 0 Å². The van der Waals surface area contributed by atoms with Crippen LogP contribution in [0.3, 0.4) is 0 Å². The lowest BCUT2D eigenvalue weighted by molar-refractivity contribution is -0.175. The number of ketones is 1. The molecule has 0 aromatic carbocycles. The van der Waals surface area contributed by atoms with Crippen LogP contribution in [0.1, 0.15) is 58.3 Å². The van der Waals surface area contributed by atoms with E-state index in [1.54, 1.807) is 0 Å². The van der Waals surface area contributed by atoms with E-state index in [0.717, 1.165) is 31.6 Å². The summed E-state index contributed by atoms with van der Waals surface area (Å²) in [7, 11) is 0. The van der Waals surface area contributed by atoms with Crippen LogP contribution < -0.4 is 0 Å². The van der Waals surface area contributed by atoms with E-state index in [9.17, 15) is 9.59 Å². The summed E-state index contributed by atoms with van der Waals surface area (Å²) >= 11 is 0. The molecule has 1 heterocycles. The molecule has 4 saturated carbocycles. The first-order valence-electron chi connectivity index (χ1n) is 11.1. The Hall–Kier alpha value is -1.38. The van der Waals surface area contributed by atoms with Crippen molar-refractivity contribution in [1.29, 1.82) is 0 Å². The molecular weight excluding hydrogens is 336 g/mol. The van der Waals surface area contributed by atoms with Gasteiger partial charge in [-0.2, -0.15) is 0 Å². The predicted molar refractivity (Wildman–Crippen MR) is 102 cm³/mol. The molecular formula is C24H30O3. The molecule has 144 valence electrons. The Balaban J connectivity index is 1.42. The van der Waals surface area contributed by atoms with Gasteiger partial charge in [-0.25, -0.2) is 0 Å². The lowest BCUT2D eigenvalue weighted by Crippen LogP contribution is -2.56. The monoisotopic (exact) mass is 366 g/mol. The average Bonchev–Trinajstić information content (AvgIpc) is 3.29. The van der Waals surface area contributed by atoms with Gasteiger partial charge in [0.05, 0.1) is 0 Å². The van der Waals surface area contributed by atoms with E-state index < -0.39 is 0 Å². The predicted octanol–water partition coefficient (Wildman–Crippen LogP) is 4.47. The zero-order chi connectivity index (χ0) is 18.6. The Morgan fingerprint density at radius 1 is 1.19 bits per heavy atom. The van der Waals surface area contributed by atoms with Gasteiger partial charge in [0.25, 0.3) is 0 Å². The second kappa shape index (κ2) is 5.15. The van der Waals surface area contributed by atoms with Crippen LogP contribution in [0.25, 0.3) is 0 Å². The summed E-state index contributed by atoms with van der Waals surface area (Å²) in [5, 5.41) is 0. The van der Waals surface area contributed by atoms with Gasteiger partial charge in [0.15, 0.2) is 5.78 Å². The third-order valence-electron chi connectivity index (χ3n) is 9.81. The molecule has 9 atom stereocenters. The Kier molecular flexibility index (Phi) is 3.16. The van der Waals surface area contributed by atoms with Crippen LogP contribution in [0.4, 0.5) is 0 Å². The minimum absolute atomic E-state index is 0.0320. The maximum absolute atomic E-state index is 12.1. The van der Waals surface area contributed by atoms with Gasteiger partial charge in [-0.1, -0.05) is 18.6 Å². The molecule has 5 aliphatic carbocycles. The third-order valence-corrected chi connectivity index (χ3v) is 9.81. The standard InChI is InChI=1S/C24H30O3/c1-3-13-10-14-11-15(25)4-5-16(14)17-6-8-23(2)22(21(13)17)18-12-19(18)24(23)9-7-20(26)27-24/h3,11,13,16-19,21-22H,1,4-10,12H2,2H3/t13?,16?,17?,18?,19-,21?,22?,23?,24+/m1/s1. The summed E-state index contributed by atoms with van der Waals surface area (Å²) in [5.41, 5.74) is 1.38. The molecule has 0 aromatic rings. The summed E-state index contributed by atoms with van der Waals surface area (Å²) in [4.78, 5) is 24.1. The maximum Gasteiger partial charge on any atom is 0.306 e. The van der Waals surface area contributed by atoms with Crippen LogP contribution in [0, 0.1) is 46.8 Å². The first kappa shape index (κ1) is 16.6. The van der Waals surface area contributed by atoms with Gasteiger partial charge >= 0.3 is 5.97 Å². The summed E-state index contributed by atoms with van der Waals surface area (Å²) in [6, 6.07) is 0. The fraction of sp³-hybridized carbons (Fsp3) is 0.750. The van der Waals surface area contributed by atoms with Crippen molar-refractivity contribution in [1.82, 2.24) is 0 Å². The molecule has 7 unspecified atom stereocenters. The number of fused-ring (bicyclic) bond motifs is 9. The van der Waals surface area contributed by atoms with Gasteiger partial charge in [-0.05, 0) is 80.1 Å². The first-order valence-corrected chi connectivity index (χ1v) is 11.1. The van der Waals surface area contributed by atoms with Crippen LogP contribution in [-0.4, -0.2) is 17.4 Å². The summed E-state index contributed by atoms with van der Waals surface area (Å²) in [6.07, 6.45) is 12.2. The number of rotatable bonds is 1. The minimum atomic E-state index is -0.172. The lowest BCUT2D eigenvalue weighted by Gasteiger charge is -2.59. The van der Waals surface area contributed by atoms with Crippen molar-refractivity contribution in [2.45, 2.75) is 63.9 Å². The van der Waals surface area contributed by atoms with Crippen molar-refractivity contribution in [3.05, 3.63) is 24.3 Å². The number of ether oxygens (including phenoxy) is 1. The van der Waals surface area contributed by atoms with Gasteiger partial charge in [0.2, 0.25) is 0 Å². The zero-order valence-electron chi connectivity index (χ0n) is 16.3. The van der Waals surface area contributed by atoms with E-state index >= 15 is 0 Å². The smallest absolute Gasteiger partial charge is 0.306 e. The molecule has 0 bridgehead atoms. The van der Waals surface area contributed by atoms with E-state index in [1.165, 1.54) is 24.8 Å². The molecule has 1 spiro atoms. The number of carbonyl (C=O) groups excluding carboxylic acids is 2. The lowest BCUT2D eigenvalue weighted by atomic mass is 9.46. The molecule has 27 heavy (non-hydrogen) atoms. The van der Waals surface area contributed by atoms with Crippen molar-refractivity contribution >= 4 is 11.8 Å². The third kappa shape index (κ3) is 1.89. The highest BCUT2D eigenvalue weighted by Gasteiger charge is 2.79. The van der Waals surface area contributed by atoms with Crippen molar-refractivity contribution < 1.29 is 14.3 Å². The zero-order valence-corrected chi connectivity index (χ0v) is 16.3. The highest BCUT2D eigenvalue weighted by Crippen LogP contribution is 2.78. The van der Waals surface area contributed by atoms with E-state index in [4.69, 9.17) is 4.74 Å². The second-order valence-electron chi connectivity index (χ2n) is 10.5. The van der Waals surface area contributed by atoms with Gasteiger partial charge < -0.3 is 4.74 Å². The Labute approximate surface area is 161 Å². The molecule has 6 aliphatic rings. The SMILES string of the molecule is C=CC1CC2=CC(=O)CCC2C2CCC3(C)C(C12)C1C[C@H]1[C@@]31CCC(=O)O1. The summed E-state index contributed by atoms with van der Waals surface area (Å²) in [5.74, 6) is 4.79. The van der Waals surface area contributed by atoms with Gasteiger partial charge in [-0.3, -0.25) is 9.59 Å². The van der Waals surface area contributed by atoms with Crippen molar-refractivity contribution in [2.75, 3.05) is 0 Å². The van der Waals surface area contributed by atoms with Gasteiger partial charge in [0, 0.05) is 24.2 Å². The molecule has 6 rings (SSSR count). The molecule has 3 heteroatoms. The first-order chi connectivity index (χ1) is 13.0. The highest BCUT2D eigenvalue weighted by molar-refractivity contribution is 5.91. The molecule has 0 aromatic heterocycles. The Bertz CT molecular complexity index is 780. The Morgan fingerprint density at radius 3 is 2.78 bits per heavy atom. The van der Waals surface area contributed by atoms with Crippen molar-refractivity contribution in [3.63, 3.8) is 0 Å². The van der Waals surface area contributed by atoms with E-state index in [0.29, 0.717) is 47.7 Å². The number of hydrogen-bond donors (Lipinski definition) is 0. The number of allylic oxidation sites excluding steroid dienone is 2. The molecule has 1 saturated heterocycles. The van der Waals surface area contributed by atoms with Crippen LogP contribution in [-0.2, 0) is 14.3 Å². The molecule has 0 radical (unpaired) electrons. The van der Waals surface area contributed by atoms with Gasteiger partial charge in [0.1, 0.15) is 5.60 Å². The number of hydrogen-bond acceptors (Lipinski definition) is 3. The molecule has 0 amide bonds. The molecule has 0 N–H and O–H groups in total. The molecule has 1 aliphatic heterocycles. The molecule has 3 nitrogen and oxygen atoms in total. The number of carbonyl (C=O) groups is 2. The van der Waals surface area contributed by atoms with Crippen LogP contribution in [0.2, 0.25) is 0 Å². The molecule has 5 fully saturated rings. The minimum Gasteiger partial charge on any atom is -0.458 e. The topological polar surface area (TPSA) is 43.4 Å². The quantitative estimate of drug-likeness (QED) is 0.508. The Morgan fingerprint density at radius 2 is 2.04 bits per heavy atom. The van der Waals surface area contributed by atoms with Crippen LogP contribution in [0.15, 0.2) is 24.3 Å². The summed E-state index contributed by atoms with van der Waals surface area (Å²) in [6.45, 7) is 6.66. The van der Waals surface area contributed by atoms with Crippen molar-refractivity contribution in [2.24, 2.45) is 46.8 Å². The largest absolute Gasteiger partial charge is 0.458 e. The fourth-order valence-corrected chi connectivity index (χ4v) is 8.87. The van der Waals surface area contributed by atoms with Crippen LogP contribution in [0.5, 0.6) is 0 Å². The number of esters is 1. The van der Waals surface area contributed by atoms with E-state index in [1.807, 2.05) is 6.08 Å². The highest BCUT2D eigenvalue weighted by atomic mass is 16.6. The average molecular weight is 367 g/mol. The second-order valence-corrected chi connectivity index (χ2v) is 10.5.